The Bertz CT molecular complexity index is 990. The van der Waals surface area contributed by atoms with Gasteiger partial charge >= 0.3 is 5.97 Å². The molecule has 3 nitrogen and oxygen atoms in total. The Morgan fingerprint density at radius 3 is 1.86 bits per heavy atom. The average Bonchev–Trinajstić information content (AvgIpc) is 2.78. The molecule has 0 heterocycles. The molecular weight excluding hydrogens is 360 g/mol. The summed E-state index contributed by atoms with van der Waals surface area (Å²) in [4.78, 5) is 25.9. The van der Waals surface area contributed by atoms with Crippen molar-refractivity contribution in [2.45, 2.75) is 6.42 Å². The third-order valence-corrected chi connectivity index (χ3v) is 4.45. The minimum atomic E-state index is -0.650. The molecule has 0 aliphatic heterocycles. The quantitative estimate of drug-likeness (QED) is 0.209. The summed E-state index contributed by atoms with van der Waals surface area (Å²) in [6.07, 6.45) is 3.77. The molecule has 3 rings (SSSR count). The van der Waals surface area contributed by atoms with E-state index in [1.807, 2.05) is 54.6 Å². The van der Waals surface area contributed by atoms with E-state index in [-0.39, 0.29) is 5.78 Å². The van der Waals surface area contributed by atoms with Crippen LogP contribution in [0.3, 0.4) is 0 Å². The van der Waals surface area contributed by atoms with Gasteiger partial charge in [-0.3, -0.25) is 4.79 Å². The van der Waals surface area contributed by atoms with Gasteiger partial charge in [0.25, 0.3) is 0 Å². The number of rotatable bonds is 8. The van der Waals surface area contributed by atoms with Crippen molar-refractivity contribution >= 4 is 17.8 Å². The van der Waals surface area contributed by atoms with Crippen LogP contribution in [0.2, 0.25) is 0 Å². The Balaban J connectivity index is 1.99. The van der Waals surface area contributed by atoms with Gasteiger partial charge in [-0.15, -0.1) is 6.58 Å². The monoisotopic (exact) mass is 382 g/mol. The van der Waals surface area contributed by atoms with Crippen LogP contribution in [0.15, 0.2) is 109 Å². The summed E-state index contributed by atoms with van der Waals surface area (Å²) in [7, 11) is 0. The third-order valence-electron chi connectivity index (χ3n) is 4.45. The number of carbonyl (C=O) groups excluding carboxylic acids is 2. The molecule has 1 atom stereocenters. The molecule has 0 radical (unpaired) electrons. The minimum Gasteiger partial charge on any atom is -0.427 e. The minimum absolute atomic E-state index is 0.117. The number of esters is 1. The van der Waals surface area contributed by atoms with Crippen LogP contribution in [-0.2, 0) is 4.74 Å². The molecule has 3 aromatic carbocycles. The van der Waals surface area contributed by atoms with E-state index in [0.29, 0.717) is 23.3 Å². The fraction of sp³-hybridized carbons (Fsp3) is 0.0769. The summed E-state index contributed by atoms with van der Waals surface area (Å²) in [6, 6.07) is 27.2. The van der Waals surface area contributed by atoms with Crippen LogP contribution < -0.4 is 0 Å². The Morgan fingerprint density at radius 2 is 1.31 bits per heavy atom. The molecule has 0 amide bonds. The Kier molecular flexibility index (Phi) is 6.90. The van der Waals surface area contributed by atoms with E-state index >= 15 is 0 Å². The number of carbonyl (C=O) groups is 2. The van der Waals surface area contributed by atoms with Crippen molar-refractivity contribution in [3.63, 3.8) is 0 Å². The lowest BCUT2D eigenvalue weighted by atomic mass is 9.91. The van der Waals surface area contributed by atoms with E-state index in [2.05, 4.69) is 6.58 Å². The molecule has 0 fully saturated rings. The maximum atomic E-state index is 13.2. The van der Waals surface area contributed by atoms with Gasteiger partial charge in [0.2, 0.25) is 0 Å². The van der Waals surface area contributed by atoms with Gasteiger partial charge in [0, 0.05) is 5.56 Å². The largest absolute Gasteiger partial charge is 0.427 e. The van der Waals surface area contributed by atoms with Crippen LogP contribution in [0.1, 0.15) is 32.7 Å². The zero-order chi connectivity index (χ0) is 20.5. The van der Waals surface area contributed by atoms with Crippen molar-refractivity contribution < 1.29 is 14.3 Å². The van der Waals surface area contributed by atoms with Gasteiger partial charge in [0.1, 0.15) is 5.76 Å². The Morgan fingerprint density at radius 1 is 0.793 bits per heavy atom. The third kappa shape index (κ3) is 5.39. The maximum absolute atomic E-state index is 13.2. The van der Waals surface area contributed by atoms with Gasteiger partial charge in [-0.05, 0) is 30.2 Å². The molecule has 1 unspecified atom stereocenters. The molecule has 0 aliphatic carbocycles. The molecule has 29 heavy (non-hydrogen) atoms. The molecular formula is C26H22O3. The molecule has 3 aromatic rings. The first kappa shape index (κ1) is 20.0. The highest BCUT2D eigenvalue weighted by Crippen LogP contribution is 2.26. The predicted octanol–water partition coefficient (Wildman–Crippen LogP) is 5.96. The number of allylic oxidation sites excluding steroid dienone is 2. The molecule has 0 saturated heterocycles. The van der Waals surface area contributed by atoms with Crippen molar-refractivity contribution in [2.24, 2.45) is 5.92 Å². The van der Waals surface area contributed by atoms with Gasteiger partial charge in [0.05, 0.1) is 11.5 Å². The molecule has 0 spiro atoms. The summed E-state index contributed by atoms with van der Waals surface area (Å²) in [5.41, 5.74) is 1.84. The first-order chi connectivity index (χ1) is 14.2. The van der Waals surface area contributed by atoms with Crippen molar-refractivity contribution in [1.29, 1.82) is 0 Å². The molecule has 3 heteroatoms. The first-order valence-electron chi connectivity index (χ1n) is 9.43. The highest BCUT2D eigenvalue weighted by molar-refractivity contribution is 6.00. The van der Waals surface area contributed by atoms with Gasteiger partial charge in [-0.1, -0.05) is 84.9 Å². The highest BCUT2D eigenvalue weighted by Gasteiger charge is 2.26. The lowest BCUT2D eigenvalue weighted by molar-refractivity contribution is 0.0583. The average molecular weight is 382 g/mol. The number of Topliss-reactive ketones (excluding diaryl/α,β-unsaturated/α-hetero) is 1. The Labute approximate surface area is 171 Å². The van der Waals surface area contributed by atoms with Crippen molar-refractivity contribution in [1.82, 2.24) is 0 Å². The van der Waals surface area contributed by atoms with Crippen molar-refractivity contribution in [2.75, 3.05) is 0 Å². The lowest BCUT2D eigenvalue weighted by Gasteiger charge is -2.18. The highest BCUT2D eigenvalue weighted by atomic mass is 16.5. The van der Waals surface area contributed by atoms with E-state index in [1.54, 1.807) is 48.6 Å². The van der Waals surface area contributed by atoms with Crippen LogP contribution in [0, 0.1) is 5.92 Å². The standard InChI is InChI=1S/C26H22O3/c1-2-12-23(25(27)21-15-8-4-9-16-21)24(19-20-13-6-3-7-14-20)29-26(28)22-17-10-5-11-18-22/h2-11,13-19,23H,1,12H2/b24-19-. The topological polar surface area (TPSA) is 43.4 Å². The van der Waals surface area contributed by atoms with Crippen LogP contribution in [0.4, 0.5) is 0 Å². The number of ether oxygens (including phenoxy) is 1. The van der Waals surface area contributed by atoms with E-state index in [0.717, 1.165) is 5.56 Å². The van der Waals surface area contributed by atoms with Gasteiger partial charge in [-0.25, -0.2) is 4.79 Å². The second-order valence-electron chi connectivity index (χ2n) is 6.52. The number of hydrogen-bond acceptors (Lipinski definition) is 3. The van der Waals surface area contributed by atoms with Crippen LogP contribution in [0.25, 0.3) is 6.08 Å². The normalized spacial score (nSPS) is 12.1. The van der Waals surface area contributed by atoms with E-state index in [9.17, 15) is 9.59 Å². The summed E-state index contributed by atoms with van der Waals surface area (Å²) in [5, 5.41) is 0. The van der Waals surface area contributed by atoms with Gasteiger partial charge in [-0.2, -0.15) is 0 Å². The molecule has 0 aromatic heterocycles. The van der Waals surface area contributed by atoms with E-state index < -0.39 is 11.9 Å². The lowest BCUT2D eigenvalue weighted by Crippen LogP contribution is -2.20. The SMILES string of the molecule is C=CCC(C(=O)c1ccccc1)/C(=C/c1ccccc1)OC(=O)c1ccccc1. The smallest absolute Gasteiger partial charge is 0.343 e. The molecule has 0 aliphatic rings. The van der Waals surface area contributed by atoms with Crippen LogP contribution >= 0.6 is 0 Å². The molecule has 0 saturated carbocycles. The van der Waals surface area contributed by atoms with Crippen molar-refractivity contribution in [3.8, 4) is 0 Å². The zero-order valence-electron chi connectivity index (χ0n) is 16.0. The van der Waals surface area contributed by atoms with Crippen LogP contribution in [0.5, 0.6) is 0 Å². The van der Waals surface area contributed by atoms with Crippen LogP contribution in [-0.4, -0.2) is 11.8 Å². The van der Waals surface area contributed by atoms with Gasteiger partial charge < -0.3 is 4.74 Å². The predicted molar refractivity (Wildman–Crippen MR) is 115 cm³/mol. The Hall–Kier alpha value is -3.72. The second-order valence-corrected chi connectivity index (χ2v) is 6.52. The van der Waals surface area contributed by atoms with Crippen molar-refractivity contribution in [3.05, 3.63) is 126 Å². The molecule has 0 bridgehead atoms. The summed E-state index contributed by atoms with van der Waals surface area (Å²) < 4.78 is 5.75. The second kappa shape index (κ2) is 10.00. The fourth-order valence-corrected chi connectivity index (χ4v) is 2.98. The summed E-state index contributed by atoms with van der Waals surface area (Å²) in [5.74, 6) is -0.960. The van der Waals surface area contributed by atoms with E-state index in [1.165, 1.54) is 0 Å². The maximum Gasteiger partial charge on any atom is 0.343 e. The summed E-state index contributed by atoms with van der Waals surface area (Å²) in [6.45, 7) is 3.78. The number of benzene rings is 3. The first-order valence-corrected chi connectivity index (χ1v) is 9.43. The fourth-order valence-electron chi connectivity index (χ4n) is 2.98. The number of hydrogen-bond donors (Lipinski definition) is 0. The molecule has 0 N–H and O–H groups in total. The zero-order valence-corrected chi connectivity index (χ0v) is 16.0. The van der Waals surface area contributed by atoms with Gasteiger partial charge in [0.15, 0.2) is 5.78 Å². The number of ketones is 1. The summed E-state index contributed by atoms with van der Waals surface area (Å²) >= 11 is 0. The molecule has 144 valence electrons. The van der Waals surface area contributed by atoms with E-state index in [4.69, 9.17) is 4.74 Å².